The Morgan fingerprint density at radius 1 is 0.180 bits per heavy atom. The molecule has 0 unspecified atom stereocenters. The van der Waals surface area contributed by atoms with Gasteiger partial charge in [-0.05, 0) is 0 Å². The summed E-state index contributed by atoms with van der Waals surface area (Å²) >= 11 is 0. The van der Waals surface area contributed by atoms with E-state index >= 15 is 0 Å². The van der Waals surface area contributed by atoms with E-state index in [-0.39, 0.29) is 0 Å². The Kier molecular flexibility index (Phi) is 53.4. The van der Waals surface area contributed by atoms with E-state index in [1.165, 1.54) is 289 Å². The molecule has 0 radical (unpaired) electrons. The van der Waals surface area contributed by atoms with Gasteiger partial charge in [0.2, 0.25) is 0 Å². The molecule has 0 aromatic heterocycles. The summed E-state index contributed by atoms with van der Waals surface area (Å²) in [6.45, 7) is 11.8. The van der Waals surface area contributed by atoms with Crippen molar-refractivity contribution in [1.29, 1.82) is 0 Å². The Morgan fingerprint density at radius 3 is 0.508 bits per heavy atom. The molecule has 0 spiro atoms. The number of hydrogen-bond acceptors (Lipinski definition) is 0. The molecule has 0 heterocycles. The molecule has 0 rings (SSSR count). The molecule has 370 valence electrons. The minimum absolute atomic E-state index is 1.03. The predicted octanol–water partition coefficient (Wildman–Crippen LogP) is 23.0. The molecule has 0 aromatic carbocycles. The molecule has 61 heavy (non-hydrogen) atoms. The van der Waals surface area contributed by atoms with Gasteiger partial charge in [-0.25, -0.2) is 0 Å². The molecule has 0 aliphatic heterocycles. The van der Waals surface area contributed by atoms with Crippen LogP contribution in [0.3, 0.4) is 0 Å². The van der Waals surface area contributed by atoms with Gasteiger partial charge in [0.05, 0.1) is 0 Å². The topological polar surface area (TPSA) is 0 Å². The van der Waals surface area contributed by atoms with Crippen LogP contribution in [-0.2, 0) is 0 Å². The van der Waals surface area contributed by atoms with Gasteiger partial charge in [-0.15, -0.1) is 0 Å². The van der Waals surface area contributed by atoms with Crippen molar-refractivity contribution >= 4 is 7.26 Å². The van der Waals surface area contributed by atoms with Crippen molar-refractivity contribution in [3.05, 3.63) is 0 Å². The first-order chi connectivity index (χ1) is 30.2. The molecular weight excluding hydrogens is 752 g/mol. The van der Waals surface area contributed by atoms with Crippen molar-refractivity contribution in [3.63, 3.8) is 0 Å². The second-order valence-electron chi connectivity index (χ2n) is 21.6. The third kappa shape index (κ3) is 46.8. The molecule has 1 heteroatoms. The fourth-order valence-corrected chi connectivity index (χ4v) is 16.5. The van der Waals surface area contributed by atoms with Crippen LogP contribution < -0.4 is 0 Å². The third-order valence-electron chi connectivity index (χ3n) is 15.4. The molecule has 0 nitrogen and oxygen atoms in total. The van der Waals surface area contributed by atoms with Gasteiger partial charge >= 0.3 is 290 Å². The molecule has 0 fully saturated rings. The van der Waals surface area contributed by atoms with E-state index in [0.29, 0.717) is 0 Å². The van der Waals surface area contributed by atoms with Crippen LogP contribution in [-0.4, -0.2) is 24.6 Å². The second kappa shape index (κ2) is 53.0. The van der Waals surface area contributed by atoms with Crippen molar-refractivity contribution in [3.8, 4) is 0 Å². The molecule has 0 aliphatic carbocycles. The van der Waals surface area contributed by atoms with Crippen molar-refractivity contribution in [2.24, 2.45) is 5.92 Å². The Balaban J connectivity index is 4.94. The summed E-state index contributed by atoms with van der Waals surface area (Å²) < 4.78 is 0. The van der Waals surface area contributed by atoms with Crippen LogP contribution in [0, 0.1) is 5.92 Å². The Bertz CT molecular complexity index is 688. The van der Waals surface area contributed by atoms with Crippen LogP contribution >= 0.6 is 7.26 Å². The molecule has 0 atom stereocenters. The summed E-state index contributed by atoms with van der Waals surface area (Å²) in [5.74, 6) is 1.03. The standard InChI is InChI=1S/C60H125P/c1-6-11-16-21-26-32-39-46-53-60(54-47-40-33-27-22-17-12-7-2)55-48-41-34-31-38-45-52-59-61(56-49-42-35-28-23-18-13-8-3,57-50-43-36-29-24-19-14-9-4)58-51-44-37-30-25-20-15-10-5/h60-61H,6-59H2,1-5H3. The number of rotatable bonds is 55. The molecule has 0 saturated heterocycles. The summed E-state index contributed by atoms with van der Waals surface area (Å²) in [6.07, 6.45) is 81.4. The molecule has 0 aromatic rings. The minimum atomic E-state index is -1.18. The van der Waals surface area contributed by atoms with E-state index in [1.807, 2.05) is 0 Å². The third-order valence-corrected chi connectivity index (χ3v) is 21.1. The zero-order chi connectivity index (χ0) is 44.3. The SMILES string of the molecule is CCCCCCCCCCC(CCCCCCCCCC)CCCCCCCCC[PH](CCCCCCCCCC)(CCCCCCCCCC)CCCCCCCCCC. The van der Waals surface area contributed by atoms with Crippen LogP contribution in [0.5, 0.6) is 0 Å². The van der Waals surface area contributed by atoms with Crippen LogP contribution in [0.2, 0.25) is 0 Å². The van der Waals surface area contributed by atoms with E-state index in [1.54, 1.807) is 56.8 Å². The zero-order valence-electron chi connectivity index (χ0n) is 44.3. The quantitative estimate of drug-likeness (QED) is 0.0422. The molecule has 0 N–H and O–H groups in total. The Labute approximate surface area is 391 Å². The van der Waals surface area contributed by atoms with E-state index in [0.717, 1.165) is 5.92 Å². The summed E-state index contributed by atoms with van der Waals surface area (Å²) in [5.41, 5.74) is 0. The van der Waals surface area contributed by atoms with Crippen molar-refractivity contribution in [2.45, 2.75) is 356 Å². The van der Waals surface area contributed by atoms with Gasteiger partial charge < -0.3 is 0 Å². The summed E-state index contributed by atoms with van der Waals surface area (Å²) in [5, 5.41) is 0. The fraction of sp³-hybridized carbons (Fsp3) is 1.00. The first kappa shape index (κ1) is 61.4. The fourth-order valence-electron chi connectivity index (χ4n) is 11.0. The van der Waals surface area contributed by atoms with Gasteiger partial charge in [0, 0.05) is 0 Å². The normalized spacial score (nSPS) is 12.4. The zero-order valence-corrected chi connectivity index (χ0v) is 45.3. The van der Waals surface area contributed by atoms with Gasteiger partial charge in [0.15, 0.2) is 0 Å². The first-order valence-electron chi connectivity index (χ1n) is 30.2. The maximum absolute atomic E-state index is 2.36. The molecule has 0 saturated carbocycles. The average Bonchev–Trinajstić information content (AvgIpc) is 3.27. The number of hydrogen-bond donors (Lipinski definition) is 0. The van der Waals surface area contributed by atoms with Crippen molar-refractivity contribution < 1.29 is 0 Å². The maximum atomic E-state index is 2.36. The van der Waals surface area contributed by atoms with E-state index in [2.05, 4.69) is 34.6 Å². The van der Waals surface area contributed by atoms with Gasteiger partial charge in [-0.1, -0.05) is 104 Å². The second-order valence-corrected chi connectivity index (χ2v) is 26.6. The Hall–Kier alpha value is 0.430. The van der Waals surface area contributed by atoms with Gasteiger partial charge in [-0.3, -0.25) is 0 Å². The van der Waals surface area contributed by atoms with Gasteiger partial charge in [-0.2, -0.15) is 0 Å². The molecule has 0 bridgehead atoms. The van der Waals surface area contributed by atoms with Crippen LogP contribution in [0.15, 0.2) is 0 Å². The molecule has 0 aliphatic rings. The van der Waals surface area contributed by atoms with Crippen LogP contribution in [0.25, 0.3) is 0 Å². The van der Waals surface area contributed by atoms with E-state index in [4.69, 9.17) is 0 Å². The predicted molar refractivity (Wildman–Crippen MR) is 290 cm³/mol. The van der Waals surface area contributed by atoms with Crippen molar-refractivity contribution in [1.82, 2.24) is 0 Å². The first-order valence-corrected chi connectivity index (χ1v) is 33.0. The van der Waals surface area contributed by atoms with E-state index < -0.39 is 7.26 Å². The van der Waals surface area contributed by atoms with Gasteiger partial charge in [0.1, 0.15) is 0 Å². The van der Waals surface area contributed by atoms with E-state index in [9.17, 15) is 0 Å². The average molecular weight is 878 g/mol. The summed E-state index contributed by atoms with van der Waals surface area (Å²) in [4.78, 5) is 0. The molecule has 0 amide bonds. The van der Waals surface area contributed by atoms with Crippen molar-refractivity contribution in [2.75, 3.05) is 24.6 Å². The molecular formula is C60H125P. The summed E-state index contributed by atoms with van der Waals surface area (Å²) in [6, 6.07) is 0. The van der Waals surface area contributed by atoms with Crippen LogP contribution in [0.4, 0.5) is 0 Å². The van der Waals surface area contributed by atoms with Crippen LogP contribution in [0.1, 0.15) is 356 Å². The van der Waals surface area contributed by atoms with Gasteiger partial charge in [0.25, 0.3) is 0 Å². The monoisotopic (exact) mass is 877 g/mol. The number of unbranched alkanes of at least 4 members (excludes halogenated alkanes) is 41. The summed E-state index contributed by atoms with van der Waals surface area (Å²) in [7, 11) is -1.18. The Morgan fingerprint density at radius 2 is 0.328 bits per heavy atom.